The minimum absolute atomic E-state index is 0.00590. The number of carbonyl (C=O) groups excluding carboxylic acids is 2. The van der Waals surface area contributed by atoms with Gasteiger partial charge in [0.05, 0.1) is 0 Å². The average molecular weight is 384 g/mol. The summed E-state index contributed by atoms with van der Waals surface area (Å²) in [6, 6.07) is 23.2. The first-order valence-corrected chi connectivity index (χ1v) is 9.90. The van der Waals surface area contributed by atoms with Crippen LogP contribution in [0, 0.1) is 6.92 Å². The molecule has 1 N–H and O–H groups in total. The Hall–Kier alpha value is -3.40. The highest BCUT2D eigenvalue weighted by Gasteiger charge is 2.21. The van der Waals surface area contributed by atoms with Gasteiger partial charge < -0.3 is 10.2 Å². The summed E-state index contributed by atoms with van der Waals surface area (Å²) < 4.78 is 0. The molecule has 3 aromatic carbocycles. The number of hydrogen-bond donors (Lipinski definition) is 1. The van der Waals surface area contributed by atoms with Crippen molar-refractivity contribution in [3.63, 3.8) is 0 Å². The molecule has 4 nitrogen and oxygen atoms in total. The number of nitrogens with zero attached hydrogens (tertiary/aromatic N) is 1. The van der Waals surface area contributed by atoms with Gasteiger partial charge in [0.25, 0.3) is 11.8 Å². The number of benzene rings is 3. The van der Waals surface area contributed by atoms with E-state index < -0.39 is 0 Å². The molecule has 0 fully saturated rings. The van der Waals surface area contributed by atoms with Crippen LogP contribution in [-0.4, -0.2) is 23.3 Å². The minimum Gasteiger partial charge on any atom is -0.348 e. The van der Waals surface area contributed by atoms with Gasteiger partial charge in [0.15, 0.2) is 0 Å². The molecule has 1 heterocycles. The van der Waals surface area contributed by atoms with Crippen molar-refractivity contribution in [2.75, 3.05) is 6.54 Å². The van der Waals surface area contributed by atoms with Gasteiger partial charge in [-0.15, -0.1) is 0 Å². The monoisotopic (exact) mass is 384 g/mol. The molecular formula is C25H24N2O2. The van der Waals surface area contributed by atoms with E-state index in [0.717, 1.165) is 17.5 Å². The van der Waals surface area contributed by atoms with Gasteiger partial charge in [0.2, 0.25) is 0 Å². The average Bonchev–Trinajstić information content (AvgIpc) is 2.77. The molecule has 1 aliphatic rings. The van der Waals surface area contributed by atoms with Crippen LogP contribution in [0.25, 0.3) is 0 Å². The summed E-state index contributed by atoms with van der Waals surface area (Å²) in [4.78, 5) is 27.2. The van der Waals surface area contributed by atoms with Crippen LogP contribution < -0.4 is 5.32 Å². The fourth-order valence-electron chi connectivity index (χ4n) is 3.70. The number of hydrogen-bond acceptors (Lipinski definition) is 2. The van der Waals surface area contributed by atoms with E-state index in [1.54, 1.807) is 24.3 Å². The number of amides is 2. The second-order valence-electron chi connectivity index (χ2n) is 7.43. The molecule has 0 saturated heterocycles. The maximum atomic E-state index is 12.9. The standard InChI is InChI=1S/C25H24N2O2/c1-18-6-2-3-8-22(18)16-26-24(28)20-10-12-21(13-11-20)25(29)27-15-14-19-7-4-5-9-23(19)17-27/h2-13H,14-17H2,1H3,(H,26,28). The topological polar surface area (TPSA) is 49.4 Å². The van der Waals surface area contributed by atoms with Crippen molar-refractivity contribution in [3.05, 3.63) is 106 Å². The maximum Gasteiger partial charge on any atom is 0.254 e. The van der Waals surface area contributed by atoms with Crippen molar-refractivity contribution in [1.29, 1.82) is 0 Å². The number of fused-ring (bicyclic) bond motifs is 1. The van der Waals surface area contributed by atoms with Crippen LogP contribution in [0.5, 0.6) is 0 Å². The molecule has 4 rings (SSSR count). The minimum atomic E-state index is -0.140. The first-order valence-electron chi connectivity index (χ1n) is 9.90. The molecule has 0 unspecified atom stereocenters. The van der Waals surface area contributed by atoms with E-state index in [9.17, 15) is 9.59 Å². The van der Waals surface area contributed by atoms with Crippen LogP contribution in [0.2, 0.25) is 0 Å². The zero-order chi connectivity index (χ0) is 20.2. The first kappa shape index (κ1) is 18.9. The molecule has 0 bridgehead atoms. The molecule has 0 atom stereocenters. The number of rotatable bonds is 4. The lowest BCUT2D eigenvalue weighted by Gasteiger charge is -2.29. The zero-order valence-electron chi connectivity index (χ0n) is 16.5. The fourth-order valence-corrected chi connectivity index (χ4v) is 3.70. The third-order valence-electron chi connectivity index (χ3n) is 5.51. The fraction of sp³-hybridized carbons (Fsp3) is 0.200. The van der Waals surface area contributed by atoms with Gasteiger partial charge in [-0.25, -0.2) is 0 Å². The summed E-state index contributed by atoms with van der Waals surface area (Å²) in [5, 5.41) is 2.94. The highest BCUT2D eigenvalue weighted by molar-refractivity contribution is 5.97. The van der Waals surface area contributed by atoms with E-state index in [-0.39, 0.29) is 11.8 Å². The third kappa shape index (κ3) is 4.21. The molecule has 146 valence electrons. The quantitative estimate of drug-likeness (QED) is 0.735. The smallest absolute Gasteiger partial charge is 0.254 e. The second-order valence-corrected chi connectivity index (χ2v) is 7.43. The van der Waals surface area contributed by atoms with Crippen LogP contribution in [0.4, 0.5) is 0 Å². The molecule has 2 amide bonds. The maximum absolute atomic E-state index is 12.9. The van der Waals surface area contributed by atoms with Crippen LogP contribution in [0.15, 0.2) is 72.8 Å². The molecule has 0 spiro atoms. The van der Waals surface area contributed by atoms with Gasteiger partial charge in [0, 0.05) is 30.8 Å². The van der Waals surface area contributed by atoms with Gasteiger partial charge in [-0.05, 0) is 59.9 Å². The molecule has 3 aromatic rings. The van der Waals surface area contributed by atoms with Gasteiger partial charge >= 0.3 is 0 Å². The third-order valence-corrected chi connectivity index (χ3v) is 5.51. The van der Waals surface area contributed by atoms with Crippen molar-refractivity contribution in [1.82, 2.24) is 10.2 Å². The summed E-state index contributed by atoms with van der Waals surface area (Å²) in [5.41, 5.74) is 5.94. The molecule has 1 aliphatic heterocycles. The van der Waals surface area contributed by atoms with Gasteiger partial charge in [0.1, 0.15) is 0 Å². The highest BCUT2D eigenvalue weighted by Crippen LogP contribution is 2.20. The Morgan fingerprint density at radius 3 is 2.28 bits per heavy atom. The van der Waals surface area contributed by atoms with E-state index in [1.807, 2.05) is 48.2 Å². The summed E-state index contributed by atoms with van der Waals surface area (Å²) in [7, 11) is 0. The lowest BCUT2D eigenvalue weighted by molar-refractivity contribution is 0.0734. The molecule has 0 aliphatic carbocycles. The van der Waals surface area contributed by atoms with Crippen LogP contribution in [0.3, 0.4) is 0 Å². The molecular weight excluding hydrogens is 360 g/mol. The van der Waals surface area contributed by atoms with E-state index in [1.165, 1.54) is 11.1 Å². The van der Waals surface area contributed by atoms with E-state index in [4.69, 9.17) is 0 Å². The Balaban J connectivity index is 1.39. The van der Waals surface area contributed by atoms with Crippen molar-refractivity contribution < 1.29 is 9.59 Å². The molecule has 0 radical (unpaired) electrons. The SMILES string of the molecule is Cc1ccccc1CNC(=O)c1ccc(C(=O)N2CCc3ccccc3C2)cc1. The highest BCUT2D eigenvalue weighted by atomic mass is 16.2. The largest absolute Gasteiger partial charge is 0.348 e. The van der Waals surface area contributed by atoms with E-state index in [2.05, 4.69) is 17.4 Å². The number of carbonyl (C=O) groups is 2. The molecule has 0 saturated carbocycles. The molecule has 0 aromatic heterocycles. The first-order chi connectivity index (χ1) is 14.1. The van der Waals surface area contributed by atoms with Gasteiger partial charge in [-0.1, -0.05) is 48.5 Å². The summed E-state index contributed by atoms with van der Waals surface area (Å²) >= 11 is 0. The Morgan fingerprint density at radius 2 is 1.52 bits per heavy atom. The normalized spacial score (nSPS) is 12.9. The second kappa shape index (κ2) is 8.31. The van der Waals surface area contributed by atoms with E-state index >= 15 is 0 Å². The lowest BCUT2D eigenvalue weighted by atomic mass is 9.99. The van der Waals surface area contributed by atoms with Crippen LogP contribution in [0.1, 0.15) is 43.0 Å². The van der Waals surface area contributed by atoms with Crippen molar-refractivity contribution in [2.45, 2.75) is 26.4 Å². The molecule has 29 heavy (non-hydrogen) atoms. The van der Waals surface area contributed by atoms with E-state index in [0.29, 0.717) is 30.8 Å². The van der Waals surface area contributed by atoms with Crippen LogP contribution >= 0.6 is 0 Å². The Morgan fingerprint density at radius 1 is 0.862 bits per heavy atom. The predicted molar refractivity (Wildman–Crippen MR) is 114 cm³/mol. The van der Waals surface area contributed by atoms with Crippen molar-refractivity contribution in [3.8, 4) is 0 Å². The van der Waals surface area contributed by atoms with Gasteiger partial charge in [-0.2, -0.15) is 0 Å². The zero-order valence-corrected chi connectivity index (χ0v) is 16.5. The molecule has 4 heteroatoms. The summed E-state index contributed by atoms with van der Waals surface area (Å²) in [5.74, 6) is -0.134. The predicted octanol–water partition coefficient (Wildman–Crippen LogP) is 4.12. The Bertz CT molecular complexity index is 1040. The Labute approximate surface area is 171 Å². The van der Waals surface area contributed by atoms with Gasteiger partial charge in [-0.3, -0.25) is 9.59 Å². The lowest BCUT2D eigenvalue weighted by Crippen LogP contribution is -2.35. The number of aryl methyl sites for hydroxylation is 1. The van der Waals surface area contributed by atoms with Crippen molar-refractivity contribution in [2.24, 2.45) is 0 Å². The summed E-state index contributed by atoms with van der Waals surface area (Å²) in [6.45, 7) is 3.86. The van der Waals surface area contributed by atoms with Crippen molar-refractivity contribution >= 4 is 11.8 Å². The Kier molecular flexibility index (Phi) is 5.43. The van der Waals surface area contributed by atoms with Crippen LogP contribution in [-0.2, 0) is 19.5 Å². The summed E-state index contributed by atoms with van der Waals surface area (Å²) in [6.07, 6.45) is 0.876. The number of nitrogens with one attached hydrogen (secondary N) is 1.